The van der Waals surface area contributed by atoms with Crippen molar-refractivity contribution in [1.29, 1.82) is 0 Å². The van der Waals surface area contributed by atoms with E-state index in [1.54, 1.807) is 0 Å². The molecule has 2 rings (SSSR count). The molecular formula is C16H28N2O2. The van der Waals surface area contributed by atoms with Gasteiger partial charge in [0.15, 0.2) is 0 Å². The standard InChI is InChI=1S/C16H28N2O2/c1-4-7-13-14(19)18(11-10-12-8-9-12)16(5-2,6-3)15(20)17-13/h12-13H,4-11H2,1-3H3,(H,17,20). The maximum absolute atomic E-state index is 12.7. The Hall–Kier alpha value is -1.06. The molecule has 1 unspecified atom stereocenters. The molecule has 114 valence electrons. The summed E-state index contributed by atoms with van der Waals surface area (Å²) >= 11 is 0. The lowest BCUT2D eigenvalue weighted by molar-refractivity contribution is -0.158. The van der Waals surface area contributed by atoms with Crippen LogP contribution in [0.3, 0.4) is 0 Å². The largest absolute Gasteiger partial charge is 0.342 e. The average Bonchev–Trinajstić information content (AvgIpc) is 3.25. The first-order valence-electron chi connectivity index (χ1n) is 8.21. The molecule has 4 nitrogen and oxygen atoms in total. The number of rotatable bonds is 7. The first kappa shape index (κ1) is 15.3. The number of hydrogen-bond donors (Lipinski definition) is 1. The minimum absolute atomic E-state index is 0.0522. The molecule has 0 spiro atoms. The summed E-state index contributed by atoms with van der Waals surface area (Å²) in [6.07, 6.45) is 6.69. The molecule has 0 aromatic heterocycles. The molecule has 1 heterocycles. The average molecular weight is 280 g/mol. The number of piperazine rings is 1. The van der Waals surface area contributed by atoms with Gasteiger partial charge in [-0.2, -0.15) is 0 Å². The third kappa shape index (κ3) is 2.70. The Morgan fingerprint density at radius 2 is 1.80 bits per heavy atom. The molecule has 1 saturated carbocycles. The second-order valence-corrected chi connectivity index (χ2v) is 6.28. The maximum Gasteiger partial charge on any atom is 0.246 e. The molecule has 2 amide bonds. The van der Waals surface area contributed by atoms with Gasteiger partial charge in [0.05, 0.1) is 0 Å². The van der Waals surface area contributed by atoms with E-state index in [1.807, 2.05) is 18.7 Å². The minimum Gasteiger partial charge on any atom is -0.342 e. The zero-order valence-electron chi connectivity index (χ0n) is 13.1. The molecular weight excluding hydrogens is 252 g/mol. The van der Waals surface area contributed by atoms with E-state index in [0.717, 1.165) is 31.7 Å². The van der Waals surface area contributed by atoms with Crippen LogP contribution in [0.2, 0.25) is 0 Å². The lowest BCUT2D eigenvalue weighted by Crippen LogP contribution is -2.70. The molecule has 1 aliphatic carbocycles. The Labute approximate surface area is 122 Å². The Morgan fingerprint density at radius 1 is 1.15 bits per heavy atom. The molecule has 0 bridgehead atoms. The Bertz CT molecular complexity index is 373. The van der Waals surface area contributed by atoms with Crippen LogP contribution in [0, 0.1) is 5.92 Å². The Kier molecular flexibility index (Phi) is 4.71. The van der Waals surface area contributed by atoms with Crippen molar-refractivity contribution in [3.8, 4) is 0 Å². The Morgan fingerprint density at radius 3 is 2.30 bits per heavy atom. The number of hydrogen-bond acceptors (Lipinski definition) is 2. The summed E-state index contributed by atoms with van der Waals surface area (Å²) in [5, 5.41) is 2.96. The molecule has 4 heteroatoms. The van der Waals surface area contributed by atoms with E-state index in [0.29, 0.717) is 12.8 Å². The summed E-state index contributed by atoms with van der Waals surface area (Å²) in [6.45, 7) is 6.83. The van der Waals surface area contributed by atoms with Crippen LogP contribution in [0.1, 0.15) is 65.7 Å². The summed E-state index contributed by atoms with van der Waals surface area (Å²) in [5.74, 6) is 0.968. The molecule has 20 heavy (non-hydrogen) atoms. The van der Waals surface area contributed by atoms with Gasteiger partial charge in [0.25, 0.3) is 0 Å². The zero-order chi connectivity index (χ0) is 14.8. The molecule has 1 aliphatic heterocycles. The summed E-state index contributed by atoms with van der Waals surface area (Å²) < 4.78 is 0. The number of amides is 2. The monoisotopic (exact) mass is 280 g/mol. The van der Waals surface area contributed by atoms with Gasteiger partial charge in [-0.05, 0) is 31.6 Å². The van der Waals surface area contributed by atoms with Gasteiger partial charge in [-0.3, -0.25) is 9.59 Å². The van der Waals surface area contributed by atoms with E-state index < -0.39 is 5.54 Å². The highest BCUT2D eigenvalue weighted by molar-refractivity contribution is 5.99. The summed E-state index contributed by atoms with van der Waals surface area (Å²) in [5.41, 5.74) is -0.615. The second kappa shape index (κ2) is 6.15. The van der Waals surface area contributed by atoms with Crippen LogP contribution in [0.25, 0.3) is 0 Å². The normalized spacial score (nSPS) is 25.8. The van der Waals surface area contributed by atoms with Gasteiger partial charge in [0.2, 0.25) is 11.8 Å². The van der Waals surface area contributed by atoms with Crippen molar-refractivity contribution in [3.05, 3.63) is 0 Å². The molecule has 1 saturated heterocycles. The molecule has 0 aromatic rings. The summed E-state index contributed by atoms with van der Waals surface area (Å²) in [7, 11) is 0. The molecule has 1 atom stereocenters. The van der Waals surface area contributed by atoms with E-state index in [4.69, 9.17) is 0 Å². The Balaban J connectivity index is 2.19. The fourth-order valence-corrected chi connectivity index (χ4v) is 3.36. The molecule has 1 N–H and O–H groups in total. The highest BCUT2D eigenvalue weighted by atomic mass is 16.2. The number of carbonyl (C=O) groups excluding carboxylic acids is 2. The predicted octanol–water partition coefficient (Wildman–Crippen LogP) is 2.47. The lowest BCUT2D eigenvalue weighted by Gasteiger charge is -2.47. The lowest BCUT2D eigenvalue weighted by atomic mass is 9.85. The summed E-state index contributed by atoms with van der Waals surface area (Å²) in [4.78, 5) is 27.2. The zero-order valence-corrected chi connectivity index (χ0v) is 13.1. The first-order chi connectivity index (χ1) is 9.58. The van der Waals surface area contributed by atoms with Crippen molar-refractivity contribution in [2.75, 3.05) is 6.54 Å². The van der Waals surface area contributed by atoms with E-state index in [-0.39, 0.29) is 17.9 Å². The smallest absolute Gasteiger partial charge is 0.246 e. The fourth-order valence-electron chi connectivity index (χ4n) is 3.36. The minimum atomic E-state index is -0.615. The quantitative estimate of drug-likeness (QED) is 0.779. The van der Waals surface area contributed by atoms with Crippen molar-refractivity contribution in [2.24, 2.45) is 5.92 Å². The highest BCUT2D eigenvalue weighted by Crippen LogP contribution is 2.35. The SMILES string of the molecule is CCCC1NC(=O)C(CC)(CC)N(CCC2CC2)C1=O. The van der Waals surface area contributed by atoms with Crippen molar-refractivity contribution in [3.63, 3.8) is 0 Å². The van der Waals surface area contributed by atoms with E-state index >= 15 is 0 Å². The van der Waals surface area contributed by atoms with Crippen molar-refractivity contribution in [1.82, 2.24) is 10.2 Å². The van der Waals surface area contributed by atoms with Crippen LogP contribution in [-0.4, -0.2) is 34.8 Å². The predicted molar refractivity (Wildman–Crippen MR) is 79.2 cm³/mol. The van der Waals surface area contributed by atoms with Crippen LogP contribution in [0.15, 0.2) is 0 Å². The van der Waals surface area contributed by atoms with Crippen LogP contribution in [0.5, 0.6) is 0 Å². The number of nitrogens with one attached hydrogen (secondary N) is 1. The number of nitrogens with zero attached hydrogens (tertiary/aromatic N) is 1. The maximum atomic E-state index is 12.7. The fraction of sp³-hybridized carbons (Fsp3) is 0.875. The summed E-state index contributed by atoms with van der Waals surface area (Å²) in [6, 6.07) is -0.307. The van der Waals surface area contributed by atoms with Gasteiger partial charge in [-0.1, -0.05) is 40.0 Å². The third-order valence-corrected chi connectivity index (χ3v) is 5.01. The van der Waals surface area contributed by atoms with Gasteiger partial charge in [-0.25, -0.2) is 0 Å². The van der Waals surface area contributed by atoms with Gasteiger partial charge in [0, 0.05) is 6.54 Å². The van der Waals surface area contributed by atoms with E-state index in [1.165, 1.54) is 12.8 Å². The van der Waals surface area contributed by atoms with Gasteiger partial charge >= 0.3 is 0 Å². The third-order valence-electron chi connectivity index (χ3n) is 5.01. The van der Waals surface area contributed by atoms with Crippen LogP contribution in [-0.2, 0) is 9.59 Å². The van der Waals surface area contributed by atoms with Crippen molar-refractivity contribution >= 4 is 11.8 Å². The number of carbonyl (C=O) groups is 2. The molecule has 0 radical (unpaired) electrons. The molecule has 2 fully saturated rings. The molecule has 0 aromatic carbocycles. The second-order valence-electron chi connectivity index (χ2n) is 6.28. The van der Waals surface area contributed by atoms with Crippen molar-refractivity contribution < 1.29 is 9.59 Å². The first-order valence-corrected chi connectivity index (χ1v) is 8.21. The van der Waals surface area contributed by atoms with Crippen molar-refractivity contribution in [2.45, 2.75) is 77.3 Å². The van der Waals surface area contributed by atoms with E-state index in [9.17, 15) is 9.59 Å². The van der Waals surface area contributed by atoms with E-state index in [2.05, 4.69) is 12.2 Å². The van der Waals surface area contributed by atoms with Crippen LogP contribution < -0.4 is 5.32 Å². The topological polar surface area (TPSA) is 49.4 Å². The van der Waals surface area contributed by atoms with Gasteiger partial charge < -0.3 is 10.2 Å². The van der Waals surface area contributed by atoms with Gasteiger partial charge in [0.1, 0.15) is 11.6 Å². The van der Waals surface area contributed by atoms with Crippen LogP contribution >= 0.6 is 0 Å². The van der Waals surface area contributed by atoms with Gasteiger partial charge in [-0.15, -0.1) is 0 Å². The van der Waals surface area contributed by atoms with Crippen LogP contribution in [0.4, 0.5) is 0 Å². The highest BCUT2D eigenvalue weighted by Gasteiger charge is 2.49. The molecule has 2 aliphatic rings.